The lowest BCUT2D eigenvalue weighted by atomic mass is 9.99. The zero-order chi connectivity index (χ0) is 43.8. The number of carbonyl (C=O) groups excluding carboxylic acids is 3. The van der Waals surface area contributed by atoms with Crippen LogP contribution in [0.4, 0.5) is 0 Å². The maximum Gasteiger partial charge on any atom is 0.306 e. The van der Waals surface area contributed by atoms with Gasteiger partial charge in [0, 0.05) is 19.3 Å². The van der Waals surface area contributed by atoms with E-state index in [2.05, 4.69) is 27.7 Å². The summed E-state index contributed by atoms with van der Waals surface area (Å²) in [6, 6.07) is 0. The number of ether oxygens (including phenoxy) is 3. The van der Waals surface area contributed by atoms with E-state index in [9.17, 15) is 14.4 Å². The van der Waals surface area contributed by atoms with Crippen LogP contribution in [0.2, 0.25) is 0 Å². The monoisotopic (exact) mass is 849 g/mol. The highest BCUT2D eigenvalue weighted by Crippen LogP contribution is 2.18. The largest absolute Gasteiger partial charge is 0.462 e. The molecule has 60 heavy (non-hydrogen) atoms. The minimum absolute atomic E-state index is 0.0629. The first-order valence-corrected chi connectivity index (χ1v) is 26.9. The van der Waals surface area contributed by atoms with Crippen LogP contribution in [0.1, 0.15) is 304 Å². The van der Waals surface area contributed by atoms with E-state index < -0.39 is 6.10 Å². The lowest BCUT2D eigenvalue weighted by Gasteiger charge is -2.18. The number of rotatable bonds is 49. The summed E-state index contributed by atoms with van der Waals surface area (Å²) in [5.74, 6) is 0.0238. The lowest BCUT2D eigenvalue weighted by molar-refractivity contribution is -0.167. The Labute approximate surface area is 374 Å². The molecule has 0 aliphatic rings. The van der Waals surface area contributed by atoms with Crippen LogP contribution in [-0.2, 0) is 28.6 Å². The Kier molecular flexibility index (Phi) is 47.2. The Balaban J connectivity index is 4.20. The molecule has 0 fully saturated rings. The average Bonchev–Trinajstić information content (AvgIpc) is 3.25. The van der Waals surface area contributed by atoms with Gasteiger partial charge in [-0.1, -0.05) is 265 Å². The molecule has 0 rings (SSSR count). The molecule has 0 spiro atoms. The summed E-state index contributed by atoms with van der Waals surface area (Å²) in [5, 5.41) is 0. The fourth-order valence-corrected chi connectivity index (χ4v) is 8.19. The Morgan fingerprint density at radius 1 is 0.333 bits per heavy atom. The summed E-state index contributed by atoms with van der Waals surface area (Å²) < 4.78 is 16.8. The molecule has 0 saturated carbocycles. The molecule has 6 nitrogen and oxygen atoms in total. The molecular weight excluding hydrogens is 745 g/mol. The molecule has 0 bridgehead atoms. The zero-order valence-corrected chi connectivity index (χ0v) is 40.9. The first-order chi connectivity index (χ1) is 29.4. The third kappa shape index (κ3) is 45.9. The van der Waals surface area contributed by atoms with Crippen molar-refractivity contribution < 1.29 is 28.6 Å². The molecule has 0 aromatic rings. The van der Waals surface area contributed by atoms with E-state index >= 15 is 0 Å². The van der Waals surface area contributed by atoms with Crippen molar-refractivity contribution in [3.8, 4) is 0 Å². The van der Waals surface area contributed by atoms with Crippen LogP contribution < -0.4 is 0 Å². The van der Waals surface area contributed by atoms with Gasteiger partial charge >= 0.3 is 17.9 Å². The van der Waals surface area contributed by atoms with Crippen molar-refractivity contribution in [3.05, 3.63) is 0 Å². The summed E-state index contributed by atoms with van der Waals surface area (Å²) in [7, 11) is 0. The van der Waals surface area contributed by atoms with Gasteiger partial charge < -0.3 is 14.2 Å². The first-order valence-electron chi connectivity index (χ1n) is 26.9. The topological polar surface area (TPSA) is 78.9 Å². The van der Waals surface area contributed by atoms with Crippen LogP contribution in [-0.4, -0.2) is 37.2 Å². The second-order valence-electron chi connectivity index (χ2n) is 18.8. The molecule has 0 aromatic carbocycles. The molecule has 6 heteroatoms. The van der Waals surface area contributed by atoms with E-state index in [0.29, 0.717) is 19.3 Å². The van der Waals surface area contributed by atoms with Gasteiger partial charge in [0.15, 0.2) is 6.10 Å². The average molecular weight is 849 g/mol. The highest BCUT2D eigenvalue weighted by molar-refractivity contribution is 5.71. The summed E-state index contributed by atoms with van der Waals surface area (Å²) in [4.78, 5) is 37.9. The maximum absolute atomic E-state index is 12.7. The Morgan fingerprint density at radius 3 is 0.867 bits per heavy atom. The number of hydrogen-bond acceptors (Lipinski definition) is 6. The number of unbranched alkanes of at least 4 members (excludes halogenated alkanes) is 35. The number of esters is 3. The standard InChI is InChI=1S/C54H104O6/c1-5-8-10-12-14-16-17-18-19-20-21-22-23-24-25-30-33-37-41-45-52(55)58-48-51(60-54(57)47-43-39-35-28-15-13-11-9-6-2)49-59-53(56)46-42-38-34-31-27-26-29-32-36-40-44-50(4)7-3/h50-51H,5-49H2,1-4H3/t50?,51-/m0/s1. The molecule has 0 saturated heterocycles. The highest BCUT2D eigenvalue weighted by atomic mass is 16.6. The Morgan fingerprint density at radius 2 is 0.583 bits per heavy atom. The summed E-state index contributed by atoms with van der Waals surface area (Å²) in [6.45, 7) is 9.04. The molecule has 1 unspecified atom stereocenters. The minimum Gasteiger partial charge on any atom is -0.462 e. The molecule has 0 aliphatic carbocycles. The van der Waals surface area contributed by atoms with Gasteiger partial charge in [0.2, 0.25) is 0 Å². The summed E-state index contributed by atoms with van der Waals surface area (Å²) in [5.41, 5.74) is 0. The van der Waals surface area contributed by atoms with Crippen molar-refractivity contribution in [3.63, 3.8) is 0 Å². The van der Waals surface area contributed by atoms with Gasteiger partial charge in [-0.3, -0.25) is 14.4 Å². The van der Waals surface area contributed by atoms with E-state index in [1.807, 2.05) is 0 Å². The normalized spacial score (nSPS) is 12.4. The SMILES string of the molecule is CCCCCCCCCCCCCCCCCCCCCC(=O)OC[C@@H](COC(=O)CCCCCCCCCCCCC(C)CC)OC(=O)CCCCCCCCCCC. The van der Waals surface area contributed by atoms with Crippen LogP contribution >= 0.6 is 0 Å². The third-order valence-corrected chi connectivity index (χ3v) is 12.7. The molecule has 0 N–H and O–H groups in total. The Hall–Kier alpha value is -1.59. The zero-order valence-electron chi connectivity index (χ0n) is 40.9. The van der Waals surface area contributed by atoms with Crippen LogP contribution in [0, 0.1) is 5.92 Å². The molecule has 0 aromatic heterocycles. The van der Waals surface area contributed by atoms with Crippen molar-refractivity contribution in [1.29, 1.82) is 0 Å². The van der Waals surface area contributed by atoms with Crippen LogP contribution in [0.25, 0.3) is 0 Å². The highest BCUT2D eigenvalue weighted by Gasteiger charge is 2.19. The second-order valence-corrected chi connectivity index (χ2v) is 18.8. The fourth-order valence-electron chi connectivity index (χ4n) is 8.19. The van der Waals surface area contributed by atoms with Crippen molar-refractivity contribution in [1.82, 2.24) is 0 Å². The van der Waals surface area contributed by atoms with E-state index in [-0.39, 0.29) is 31.1 Å². The van der Waals surface area contributed by atoms with Gasteiger partial charge in [-0.2, -0.15) is 0 Å². The van der Waals surface area contributed by atoms with Crippen molar-refractivity contribution in [2.24, 2.45) is 5.92 Å². The number of carbonyl (C=O) groups is 3. The van der Waals surface area contributed by atoms with Gasteiger partial charge in [0.25, 0.3) is 0 Å². The fraction of sp³-hybridized carbons (Fsp3) is 0.944. The molecule has 0 aliphatic heterocycles. The predicted molar refractivity (Wildman–Crippen MR) is 257 cm³/mol. The van der Waals surface area contributed by atoms with Crippen molar-refractivity contribution in [2.75, 3.05) is 13.2 Å². The van der Waals surface area contributed by atoms with Crippen LogP contribution in [0.15, 0.2) is 0 Å². The molecule has 356 valence electrons. The lowest BCUT2D eigenvalue weighted by Crippen LogP contribution is -2.30. The predicted octanol–water partition coefficient (Wildman–Crippen LogP) is 17.5. The molecule has 0 amide bonds. The molecule has 2 atom stereocenters. The van der Waals surface area contributed by atoms with Crippen LogP contribution in [0.5, 0.6) is 0 Å². The van der Waals surface area contributed by atoms with Gasteiger partial charge in [-0.15, -0.1) is 0 Å². The van der Waals surface area contributed by atoms with E-state index in [1.54, 1.807) is 0 Å². The van der Waals surface area contributed by atoms with Crippen LogP contribution in [0.3, 0.4) is 0 Å². The van der Waals surface area contributed by atoms with Gasteiger partial charge in [0.1, 0.15) is 13.2 Å². The number of hydrogen-bond donors (Lipinski definition) is 0. The van der Waals surface area contributed by atoms with Crippen molar-refractivity contribution in [2.45, 2.75) is 310 Å². The molecule has 0 heterocycles. The minimum atomic E-state index is -0.760. The summed E-state index contributed by atoms with van der Waals surface area (Å²) >= 11 is 0. The maximum atomic E-state index is 12.7. The van der Waals surface area contributed by atoms with Crippen molar-refractivity contribution >= 4 is 17.9 Å². The summed E-state index contributed by atoms with van der Waals surface area (Å²) in [6.07, 6.45) is 50.9. The first kappa shape index (κ1) is 58.4. The molecule has 0 radical (unpaired) electrons. The Bertz CT molecular complexity index is 905. The van der Waals surface area contributed by atoms with Gasteiger partial charge in [0.05, 0.1) is 0 Å². The van der Waals surface area contributed by atoms with Gasteiger partial charge in [-0.25, -0.2) is 0 Å². The van der Waals surface area contributed by atoms with E-state index in [4.69, 9.17) is 14.2 Å². The molecular formula is C54H104O6. The quantitative estimate of drug-likeness (QED) is 0.0345. The smallest absolute Gasteiger partial charge is 0.306 e. The van der Waals surface area contributed by atoms with E-state index in [0.717, 1.165) is 63.7 Å². The van der Waals surface area contributed by atoms with Gasteiger partial charge in [-0.05, 0) is 25.2 Å². The third-order valence-electron chi connectivity index (χ3n) is 12.7. The van der Waals surface area contributed by atoms with E-state index in [1.165, 1.54) is 199 Å². The second kappa shape index (κ2) is 48.4.